The Labute approximate surface area is 107 Å². The summed E-state index contributed by atoms with van der Waals surface area (Å²) in [5.41, 5.74) is 0.115. The minimum Gasteiger partial charge on any atom is -0.338 e. The summed E-state index contributed by atoms with van der Waals surface area (Å²) in [6.07, 6.45) is 2.65. The van der Waals surface area contributed by atoms with Crippen LogP contribution >= 0.6 is 11.3 Å². The Kier molecular flexibility index (Phi) is 4.93. The van der Waals surface area contributed by atoms with Crippen LogP contribution in [0, 0.1) is 12.3 Å². The van der Waals surface area contributed by atoms with Crippen molar-refractivity contribution >= 4 is 17.4 Å². The SMILES string of the molecule is Cc1cnc(CCNC(=O)NCC(C)(C)C)s1. The zero-order valence-electron chi connectivity index (χ0n) is 11.0. The number of urea groups is 1. The standard InChI is InChI=1S/C12H21N3OS/c1-9-7-14-10(17-9)5-6-13-11(16)15-8-12(2,3)4/h7H,5-6,8H2,1-4H3,(H2,13,15,16). The van der Waals surface area contributed by atoms with Gasteiger partial charge in [-0.1, -0.05) is 20.8 Å². The number of hydrogen-bond acceptors (Lipinski definition) is 3. The number of aryl methyl sites for hydroxylation is 1. The molecule has 1 rings (SSSR count). The van der Waals surface area contributed by atoms with Crippen LogP contribution in [0.15, 0.2) is 6.20 Å². The Morgan fingerprint density at radius 2 is 2.12 bits per heavy atom. The highest BCUT2D eigenvalue weighted by Crippen LogP contribution is 2.11. The smallest absolute Gasteiger partial charge is 0.314 e. The number of thiazole rings is 1. The maximum absolute atomic E-state index is 11.4. The molecule has 0 atom stereocenters. The van der Waals surface area contributed by atoms with Crippen molar-refractivity contribution in [1.82, 2.24) is 15.6 Å². The lowest BCUT2D eigenvalue weighted by atomic mass is 9.97. The van der Waals surface area contributed by atoms with Gasteiger partial charge in [0.25, 0.3) is 0 Å². The van der Waals surface area contributed by atoms with Crippen molar-refractivity contribution in [3.8, 4) is 0 Å². The molecule has 2 amide bonds. The van der Waals surface area contributed by atoms with Gasteiger partial charge in [0, 0.05) is 30.6 Å². The summed E-state index contributed by atoms with van der Waals surface area (Å²) >= 11 is 1.67. The fourth-order valence-corrected chi connectivity index (χ4v) is 1.99. The van der Waals surface area contributed by atoms with Gasteiger partial charge in [-0.05, 0) is 12.3 Å². The summed E-state index contributed by atoms with van der Waals surface area (Å²) in [6, 6.07) is -0.104. The van der Waals surface area contributed by atoms with E-state index in [0.717, 1.165) is 11.4 Å². The zero-order valence-corrected chi connectivity index (χ0v) is 11.8. The molecule has 0 saturated carbocycles. The highest BCUT2D eigenvalue weighted by atomic mass is 32.1. The monoisotopic (exact) mass is 255 g/mol. The summed E-state index contributed by atoms with van der Waals surface area (Å²) < 4.78 is 0. The molecule has 0 radical (unpaired) electrons. The third kappa shape index (κ3) is 6.26. The van der Waals surface area contributed by atoms with Crippen LogP contribution in [0.2, 0.25) is 0 Å². The number of hydrogen-bond donors (Lipinski definition) is 2. The van der Waals surface area contributed by atoms with Gasteiger partial charge in [0.1, 0.15) is 0 Å². The molecule has 0 aromatic carbocycles. The van der Waals surface area contributed by atoms with Gasteiger partial charge in [-0.15, -0.1) is 11.3 Å². The van der Waals surface area contributed by atoms with E-state index in [4.69, 9.17) is 0 Å². The molecular formula is C12H21N3OS. The topological polar surface area (TPSA) is 54.0 Å². The first-order valence-corrected chi connectivity index (χ1v) is 6.61. The molecule has 0 saturated heterocycles. The number of nitrogens with one attached hydrogen (secondary N) is 2. The lowest BCUT2D eigenvalue weighted by Crippen LogP contribution is -2.40. The van der Waals surface area contributed by atoms with Crippen LogP contribution in [0.1, 0.15) is 30.7 Å². The van der Waals surface area contributed by atoms with Crippen molar-refractivity contribution in [2.24, 2.45) is 5.41 Å². The fraction of sp³-hybridized carbons (Fsp3) is 0.667. The van der Waals surface area contributed by atoms with Crippen molar-refractivity contribution in [3.63, 3.8) is 0 Å². The van der Waals surface area contributed by atoms with Crippen LogP contribution in [-0.2, 0) is 6.42 Å². The molecule has 17 heavy (non-hydrogen) atoms. The molecule has 0 spiro atoms. The van der Waals surface area contributed by atoms with Crippen LogP contribution in [0.25, 0.3) is 0 Å². The Balaban J connectivity index is 2.16. The zero-order chi connectivity index (χ0) is 12.9. The van der Waals surface area contributed by atoms with Crippen LogP contribution in [-0.4, -0.2) is 24.1 Å². The van der Waals surface area contributed by atoms with Gasteiger partial charge < -0.3 is 10.6 Å². The van der Waals surface area contributed by atoms with Crippen LogP contribution in [0.3, 0.4) is 0 Å². The van der Waals surface area contributed by atoms with Crippen molar-refractivity contribution in [2.75, 3.05) is 13.1 Å². The van der Waals surface area contributed by atoms with Gasteiger partial charge in [0.15, 0.2) is 0 Å². The number of carbonyl (C=O) groups is 1. The molecule has 0 fully saturated rings. The molecule has 1 aromatic heterocycles. The van der Waals surface area contributed by atoms with Gasteiger partial charge in [-0.3, -0.25) is 0 Å². The normalized spacial score (nSPS) is 11.3. The first-order valence-electron chi connectivity index (χ1n) is 5.80. The van der Waals surface area contributed by atoms with Crippen LogP contribution < -0.4 is 10.6 Å². The van der Waals surface area contributed by atoms with Crippen molar-refractivity contribution in [3.05, 3.63) is 16.1 Å². The minimum absolute atomic E-state index is 0.104. The summed E-state index contributed by atoms with van der Waals surface area (Å²) in [4.78, 5) is 16.9. The molecule has 96 valence electrons. The van der Waals surface area contributed by atoms with E-state index in [0.29, 0.717) is 13.1 Å². The average molecular weight is 255 g/mol. The van der Waals surface area contributed by atoms with Crippen molar-refractivity contribution < 1.29 is 4.79 Å². The maximum Gasteiger partial charge on any atom is 0.314 e. The Morgan fingerprint density at radius 3 is 2.65 bits per heavy atom. The van der Waals surface area contributed by atoms with Crippen molar-refractivity contribution in [2.45, 2.75) is 34.1 Å². The highest BCUT2D eigenvalue weighted by Gasteiger charge is 2.11. The van der Waals surface area contributed by atoms with E-state index in [9.17, 15) is 4.79 Å². The van der Waals surface area contributed by atoms with E-state index in [1.54, 1.807) is 11.3 Å². The predicted octanol–water partition coefficient (Wildman–Crippen LogP) is 2.34. The molecule has 0 aliphatic rings. The molecule has 5 heteroatoms. The van der Waals surface area contributed by atoms with Crippen molar-refractivity contribution in [1.29, 1.82) is 0 Å². The van der Waals surface area contributed by atoms with E-state index in [2.05, 4.69) is 36.4 Å². The number of aromatic nitrogens is 1. The number of carbonyl (C=O) groups excluding carboxylic acids is 1. The fourth-order valence-electron chi connectivity index (χ4n) is 1.21. The largest absolute Gasteiger partial charge is 0.338 e. The Bertz CT molecular complexity index is 368. The maximum atomic E-state index is 11.4. The number of amides is 2. The molecule has 2 N–H and O–H groups in total. The average Bonchev–Trinajstić information content (AvgIpc) is 2.60. The Morgan fingerprint density at radius 1 is 1.41 bits per heavy atom. The molecule has 1 heterocycles. The molecule has 4 nitrogen and oxygen atoms in total. The summed E-state index contributed by atoms with van der Waals surface area (Å²) in [5, 5.41) is 6.74. The van der Waals surface area contributed by atoms with Gasteiger partial charge in [-0.2, -0.15) is 0 Å². The second-order valence-electron chi connectivity index (χ2n) is 5.28. The van der Waals surface area contributed by atoms with E-state index in [-0.39, 0.29) is 11.4 Å². The van der Waals surface area contributed by atoms with Gasteiger partial charge in [0.05, 0.1) is 5.01 Å². The second-order valence-corrected chi connectivity index (χ2v) is 6.60. The molecule has 0 aliphatic heterocycles. The van der Waals surface area contributed by atoms with Crippen LogP contribution in [0.5, 0.6) is 0 Å². The molecule has 0 aliphatic carbocycles. The molecular weight excluding hydrogens is 234 g/mol. The molecule has 0 bridgehead atoms. The molecule has 0 unspecified atom stereocenters. The first-order chi connectivity index (χ1) is 7.87. The van der Waals surface area contributed by atoms with Gasteiger partial charge >= 0.3 is 6.03 Å². The summed E-state index contributed by atoms with van der Waals surface area (Å²) in [5.74, 6) is 0. The third-order valence-electron chi connectivity index (χ3n) is 2.07. The van der Waals surface area contributed by atoms with E-state index >= 15 is 0 Å². The lowest BCUT2D eigenvalue weighted by Gasteiger charge is -2.18. The van der Waals surface area contributed by atoms with Gasteiger partial charge in [-0.25, -0.2) is 9.78 Å². The first kappa shape index (κ1) is 14.0. The predicted molar refractivity (Wildman–Crippen MR) is 71.4 cm³/mol. The minimum atomic E-state index is -0.104. The number of nitrogens with zero attached hydrogens (tertiary/aromatic N) is 1. The van der Waals surface area contributed by atoms with E-state index < -0.39 is 0 Å². The summed E-state index contributed by atoms with van der Waals surface area (Å²) in [7, 11) is 0. The van der Waals surface area contributed by atoms with Crippen LogP contribution in [0.4, 0.5) is 4.79 Å². The van der Waals surface area contributed by atoms with E-state index in [1.165, 1.54) is 4.88 Å². The highest BCUT2D eigenvalue weighted by molar-refractivity contribution is 7.11. The third-order valence-corrected chi connectivity index (χ3v) is 3.05. The Hall–Kier alpha value is -1.10. The quantitative estimate of drug-likeness (QED) is 0.867. The second kappa shape index (κ2) is 6.00. The van der Waals surface area contributed by atoms with E-state index in [1.807, 2.05) is 13.1 Å². The van der Waals surface area contributed by atoms with Gasteiger partial charge in [0.2, 0.25) is 0 Å². The molecule has 1 aromatic rings. The summed E-state index contributed by atoms with van der Waals surface area (Å²) in [6.45, 7) is 9.60. The lowest BCUT2D eigenvalue weighted by molar-refractivity contribution is 0.235. The number of rotatable bonds is 4.